The highest BCUT2D eigenvalue weighted by atomic mass is 19.4. The summed E-state index contributed by atoms with van der Waals surface area (Å²) in [6.45, 7) is 0.910. The van der Waals surface area contributed by atoms with Crippen LogP contribution in [0, 0.1) is 5.82 Å². The second-order valence-corrected chi connectivity index (χ2v) is 10.9. The lowest BCUT2D eigenvalue weighted by molar-refractivity contribution is -0.137. The van der Waals surface area contributed by atoms with Crippen LogP contribution in [0.15, 0.2) is 84.9 Å². The van der Waals surface area contributed by atoms with E-state index < -0.39 is 11.7 Å². The van der Waals surface area contributed by atoms with Crippen molar-refractivity contribution in [3.05, 3.63) is 130 Å². The van der Waals surface area contributed by atoms with Gasteiger partial charge in [-0.15, -0.1) is 0 Å². The molecule has 2 unspecified atom stereocenters. The highest BCUT2D eigenvalue weighted by Gasteiger charge is 2.41. The molecule has 3 heterocycles. The van der Waals surface area contributed by atoms with Crippen LogP contribution in [0.4, 0.5) is 17.6 Å². The second kappa shape index (κ2) is 10.2. The van der Waals surface area contributed by atoms with Crippen molar-refractivity contribution in [1.29, 1.82) is 0 Å². The maximum absolute atomic E-state index is 13.9. The van der Waals surface area contributed by atoms with Gasteiger partial charge in [-0.1, -0.05) is 42.5 Å². The van der Waals surface area contributed by atoms with Crippen molar-refractivity contribution in [3.8, 4) is 11.5 Å². The number of hydrogen-bond donors (Lipinski definition) is 1. The lowest BCUT2D eigenvalue weighted by Gasteiger charge is -2.46. The molecule has 0 saturated carbocycles. The molecule has 8 heteroatoms. The Morgan fingerprint density at radius 1 is 0.929 bits per heavy atom. The first kappa shape index (κ1) is 26.6. The third kappa shape index (κ3) is 4.60. The first-order valence-electron chi connectivity index (χ1n) is 13.9. The largest absolute Gasteiger partial charge is 0.493 e. The Hall–Kier alpha value is -4.30. The number of rotatable bonds is 5. The zero-order valence-corrected chi connectivity index (χ0v) is 22.8. The molecular formula is C34H28F4N2O2. The molecule has 0 amide bonds. The Labute approximate surface area is 240 Å². The third-order valence-electron chi connectivity index (χ3n) is 8.53. The van der Waals surface area contributed by atoms with Crippen molar-refractivity contribution >= 4 is 10.9 Å². The molecule has 4 aromatic carbocycles. The van der Waals surface area contributed by atoms with Crippen LogP contribution in [0.5, 0.6) is 11.5 Å². The number of para-hydroxylation sites is 1. The molecule has 0 bridgehead atoms. The van der Waals surface area contributed by atoms with Gasteiger partial charge in [-0.05, 0) is 83.1 Å². The molecule has 0 aliphatic carbocycles. The Kier molecular flexibility index (Phi) is 6.46. The van der Waals surface area contributed by atoms with E-state index in [1.807, 2.05) is 36.4 Å². The van der Waals surface area contributed by atoms with Crippen LogP contribution < -0.4 is 9.47 Å². The summed E-state index contributed by atoms with van der Waals surface area (Å²) in [6, 6.07) is 24.1. The van der Waals surface area contributed by atoms with Gasteiger partial charge in [0.1, 0.15) is 12.4 Å². The lowest BCUT2D eigenvalue weighted by Crippen LogP contribution is -2.43. The number of methoxy groups -OCH3 is 1. The van der Waals surface area contributed by atoms with E-state index in [9.17, 15) is 17.6 Å². The van der Waals surface area contributed by atoms with Gasteiger partial charge in [0.15, 0.2) is 11.5 Å². The summed E-state index contributed by atoms with van der Waals surface area (Å²) in [6.07, 6.45) is -2.80. The highest BCUT2D eigenvalue weighted by molar-refractivity contribution is 5.85. The van der Waals surface area contributed by atoms with Crippen molar-refractivity contribution in [2.45, 2.75) is 37.7 Å². The number of nitrogens with one attached hydrogen (secondary N) is 1. The summed E-state index contributed by atoms with van der Waals surface area (Å²) in [5, 5.41) is 1.19. The molecular weight excluding hydrogens is 544 g/mol. The Bertz CT molecular complexity index is 1760. The zero-order valence-electron chi connectivity index (χ0n) is 22.8. The van der Waals surface area contributed by atoms with E-state index in [2.05, 4.69) is 22.0 Å². The molecule has 2 atom stereocenters. The minimum atomic E-state index is -4.38. The number of aromatic amines is 1. The van der Waals surface area contributed by atoms with E-state index in [0.717, 1.165) is 59.4 Å². The maximum atomic E-state index is 13.9. The van der Waals surface area contributed by atoms with E-state index in [1.54, 1.807) is 7.11 Å². The molecule has 2 aliphatic heterocycles. The van der Waals surface area contributed by atoms with Gasteiger partial charge in [-0.25, -0.2) is 4.39 Å². The fourth-order valence-corrected chi connectivity index (χ4v) is 6.52. The average Bonchev–Trinajstić information content (AvgIpc) is 3.37. The number of H-pyrrole nitrogens is 1. The number of fused-ring (bicyclic) bond motifs is 6. The van der Waals surface area contributed by atoms with E-state index in [1.165, 1.54) is 35.2 Å². The van der Waals surface area contributed by atoms with Crippen LogP contribution in [0.25, 0.3) is 10.9 Å². The van der Waals surface area contributed by atoms with Crippen LogP contribution in [-0.2, 0) is 25.6 Å². The minimum Gasteiger partial charge on any atom is -0.493 e. The molecule has 0 saturated heterocycles. The van der Waals surface area contributed by atoms with Gasteiger partial charge >= 0.3 is 6.18 Å². The van der Waals surface area contributed by atoms with Gasteiger partial charge in [-0.3, -0.25) is 4.90 Å². The molecule has 0 fully saturated rings. The van der Waals surface area contributed by atoms with Crippen LogP contribution in [0.1, 0.15) is 51.2 Å². The number of hydrogen-bond acceptors (Lipinski definition) is 3. The van der Waals surface area contributed by atoms with Crippen molar-refractivity contribution in [1.82, 2.24) is 9.88 Å². The topological polar surface area (TPSA) is 37.5 Å². The highest BCUT2D eigenvalue weighted by Crippen LogP contribution is 2.49. The molecule has 0 radical (unpaired) electrons. The van der Waals surface area contributed by atoms with Crippen LogP contribution in [0.3, 0.4) is 0 Å². The summed E-state index contributed by atoms with van der Waals surface area (Å²) >= 11 is 0. The maximum Gasteiger partial charge on any atom is 0.416 e. The van der Waals surface area contributed by atoms with Crippen LogP contribution in [0.2, 0.25) is 0 Å². The zero-order chi connectivity index (χ0) is 29.0. The monoisotopic (exact) mass is 572 g/mol. The molecule has 1 aromatic heterocycles. The molecule has 5 aromatic rings. The number of halogens is 4. The first-order chi connectivity index (χ1) is 20.3. The van der Waals surface area contributed by atoms with Gasteiger partial charge in [0.25, 0.3) is 0 Å². The fraction of sp³-hybridized carbons (Fsp3) is 0.235. The smallest absolute Gasteiger partial charge is 0.416 e. The second-order valence-electron chi connectivity index (χ2n) is 10.9. The van der Waals surface area contributed by atoms with Crippen molar-refractivity contribution in [2.75, 3.05) is 13.7 Å². The van der Waals surface area contributed by atoms with Gasteiger partial charge in [-0.2, -0.15) is 13.2 Å². The summed E-state index contributed by atoms with van der Waals surface area (Å²) in [5.41, 5.74) is 6.77. The van der Waals surface area contributed by atoms with Crippen molar-refractivity contribution in [3.63, 3.8) is 0 Å². The molecule has 214 valence electrons. The van der Waals surface area contributed by atoms with Gasteiger partial charge < -0.3 is 14.5 Å². The van der Waals surface area contributed by atoms with Gasteiger partial charge in [0.05, 0.1) is 18.7 Å². The number of alkyl halides is 3. The molecule has 1 N–H and O–H groups in total. The van der Waals surface area contributed by atoms with E-state index in [-0.39, 0.29) is 24.5 Å². The first-order valence-corrected chi connectivity index (χ1v) is 13.9. The Balaban J connectivity index is 1.24. The van der Waals surface area contributed by atoms with Gasteiger partial charge in [0, 0.05) is 29.2 Å². The quantitative estimate of drug-likeness (QED) is 0.216. The summed E-state index contributed by atoms with van der Waals surface area (Å²) in [5.74, 6) is 0.870. The van der Waals surface area contributed by atoms with Crippen molar-refractivity contribution < 1.29 is 27.0 Å². The predicted molar refractivity (Wildman–Crippen MR) is 152 cm³/mol. The van der Waals surface area contributed by atoms with E-state index in [0.29, 0.717) is 17.1 Å². The minimum absolute atomic E-state index is 0.0633. The SMILES string of the molecule is COc1cc2c(cc1OCc1ccc(C(F)(F)F)cc1)CCN1C2Cc2c([nH]c3ccccc23)C1c1ccc(F)cc1. The normalized spacial score (nSPS) is 18.3. The van der Waals surface area contributed by atoms with E-state index in [4.69, 9.17) is 9.47 Å². The number of benzene rings is 4. The van der Waals surface area contributed by atoms with Crippen LogP contribution >= 0.6 is 0 Å². The number of nitrogens with zero attached hydrogens (tertiary/aromatic N) is 1. The Morgan fingerprint density at radius 2 is 1.69 bits per heavy atom. The van der Waals surface area contributed by atoms with Crippen molar-refractivity contribution in [2.24, 2.45) is 0 Å². The predicted octanol–water partition coefficient (Wildman–Crippen LogP) is 8.16. The average molecular weight is 573 g/mol. The Morgan fingerprint density at radius 3 is 2.43 bits per heavy atom. The number of aromatic nitrogens is 1. The third-order valence-corrected chi connectivity index (χ3v) is 8.53. The lowest BCUT2D eigenvalue weighted by atomic mass is 9.80. The molecule has 4 nitrogen and oxygen atoms in total. The molecule has 7 rings (SSSR count). The van der Waals surface area contributed by atoms with Gasteiger partial charge in [0.2, 0.25) is 0 Å². The molecule has 2 aliphatic rings. The van der Waals surface area contributed by atoms with Crippen LogP contribution in [-0.4, -0.2) is 23.5 Å². The van der Waals surface area contributed by atoms with E-state index >= 15 is 0 Å². The fourth-order valence-electron chi connectivity index (χ4n) is 6.52. The standard InChI is InChI=1S/C34H28F4N2O2/c1-41-30-18-26-22(16-31(30)42-19-20-6-10-23(11-7-20)34(36,37)38)14-15-40-29(26)17-27-25-4-2-3-5-28(25)39-32(27)33(40)21-8-12-24(35)13-9-21/h2-13,16,18,29,33,39H,14-15,17,19H2,1H3. The molecule has 0 spiro atoms. The number of ether oxygens (including phenoxy) is 2. The summed E-state index contributed by atoms with van der Waals surface area (Å²) in [4.78, 5) is 6.15. The summed E-state index contributed by atoms with van der Waals surface area (Å²) < 4.78 is 64.6. The summed E-state index contributed by atoms with van der Waals surface area (Å²) in [7, 11) is 1.59. The molecule has 42 heavy (non-hydrogen) atoms.